The molecular weight excluding hydrogens is 214 g/mol. The molecule has 1 fully saturated rings. The van der Waals surface area contributed by atoms with Gasteiger partial charge in [0, 0.05) is 29.1 Å². The maximum absolute atomic E-state index is 12.0. The van der Waals surface area contributed by atoms with E-state index in [0.29, 0.717) is 5.69 Å². The largest absolute Gasteiger partial charge is 0.357 e. The van der Waals surface area contributed by atoms with Gasteiger partial charge in [0.1, 0.15) is 5.69 Å². The first-order chi connectivity index (χ1) is 7.78. The zero-order valence-corrected chi connectivity index (χ0v) is 10.9. The molecule has 0 spiro atoms. The lowest BCUT2D eigenvalue weighted by Gasteiger charge is -2.62. The fraction of sp³-hybridized carbons (Fsp3) is 0.615. The minimum atomic E-state index is -0.0637. The van der Waals surface area contributed by atoms with Gasteiger partial charge in [0.05, 0.1) is 0 Å². The Bertz CT molecular complexity index is 404. The Morgan fingerprint density at radius 2 is 1.94 bits per heavy atom. The normalized spacial score (nSPS) is 29.5. The Kier molecular flexibility index (Phi) is 2.58. The average Bonchev–Trinajstić information content (AvgIpc) is 2.77. The van der Waals surface area contributed by atoms with Crippen molar-refractivity contribution in [2.45, 2.75) is 39.8 Å². The van der Waals surface area contributed by atoms with Crippen LogP contribution in [0.25, 0.3) is 0 Å². The van der Waals surface area contributed by atoms with Crippen LogP contribution >= 0.6 is 0 Å². The molecule has 17 heavy (non-hydrogen) atoms. The van der Waals surface area contributed by atoms with Crippen LogP contribution in [0.4, 0.5) is 0 Å². The van der Waals surface area contributed by atoms with E-state index in [1.54, 1.807) is 12.3 Å². The number of aromatic nitrogens is 1. The molecule has 4 nitrogen and oxygen atoms in total. The predicted octanol–water partition coefficient (Wildman–Crippen LogP) is 1.51. The number of hydrogen-bond donors (Lipinski definition) is 3. The smallest absolute Gasteiger partial charge is 0.267 e. The third kappa shape index (κ3) is 1.67. The van der Waals surface area contributed by atoms with Crippen LogP contribution < -0.4 is 11.1 Å². The number of rotatable bonds is 2. The molecule has 0 aliphatic heterocycles. The van der Waals surface area contributed by atoms with E-state index in [1.807, 2.05) is 6.07 Å². The van der Waals surface area contributed by atoms with Crippen molar-refractivity contribution >= 4 is 5.91 Å². The zero-order chi connectivity index (χ0) is 12.8. The van der Waals surface area contributed by atoms with E-state index < -0.39 is 0 Å². The molecule has 4 N–H and O–H groups in total. The first kappa shape index (κ1) is 12.2. The monoisotopic (exact) mass is 235 g/mol. The predicted molar refractivity (Wildman–Crippen MR) is 67.6 cm³/mol. The summed E-state index contributed by atoms with van der Waals surface area (Å²) >= 11 is 0. The molecule has 0 bridgehead atoms. The van der Waals surface area contributed by atoms with Gasteiger partial charge in [-0.25, -0.2) is 0 Å². The van der Waals surface area contributed by atoms with Gasteiger partial charge < -0.3 is 16.0 Å². The van der Waals surface area contributed by atoms with Gasteiger partial charge in [-0.05, 0) is 12.1 Å². The summed E-state index contributed by atoms with van der Waals surface area (Å²) in [5.74, 6) is -0.0620. The summed E-state index contributed by atoms with van der Waals surface area (Å²) < 4.78 is 0. The van der Waals surface area contributed by atoms with Crippen LogP contribution in [0.5, 0.6) is 0 Å². The average molecular weight is 235 g/mol. The molecular formula is C13H21N3O. The highest BCUT2D eigenvalue weighted by Gasteiger charge is 2.60. The molecule has 0 saturated heterocycles. The van der Waals surface area contributed by atoms with Gasteiger partial charge in [0.15, 0.2) is 0 Å². The zero-order valence-electron chi connectivity index (χ0n) is 10.9. The van der Waals surface area contributed by atoms with Crippen LogP contribution in [0.3, 0.4) is 0 Å². The maximum atomic E-state index is 12.0. The van der Waals surface area contributed by atoms with Gasteiger partial charge in [0.25, 0.3) is 5.91 Å². The Hall–Kier alpha value is -1.29. The van der Waals surface area contributed by atoms with E-state index in [9.17, 15) is 4.79 Å². The van der Waals surface area contributed by atoms with Crippen LogP contribution in [0.15, 0.2) is 18.3 Å². The molecule has 1 saturated carbocycles. The number of nitrogens with two attached hydrogens (primary N) is 1. The van der Waals surface area contributed by atoms with E-state index in [0.717, 1.165) is 0 Å². The molecule has 1 heterocycles. The molecule has 0 atom stereocenters. The second kappa shape index (κ2) is 3.60. The lowest BCUT2D eigenvalue weighted by atomic mass is 9.48. The number of hydrogen-bond acceptors (Lipinski definition) is 2. The van der Waals surface area contributed by atoms with Crippen LogP contribution in [-0.2, 0) is 0 Å². The molecule has 4 heteroatoms. The van der Waals surface area contributed by atoms with Crippen molar-refractivity contribution in [3.05, 3.63) is 24.0 Å². The van der Waals surface area contributed by atoms with Gasteiger partial charge in [-0.3, -0.25) is 4.79 Å². The Balaban J connectivity index is 2.12. The van der Waals surface area contributed by atoms with E-state index in [4.69, 9.17) is 5.73 Å². The van der Waals surface area contributed by atoms with Crippen molar-refractivity contribution in [3.63, 3.8) is 0 Å². The van der Waals surface area contributed by atoms with Gasteiger partial charge in [-0.1, -0.05) is 27.7 Å². The van der Waals surface area contributed by atoms with Crippen LogP contribution in [0, 0.1) is 10.8 Å². The third-order valence-corrected chi connectivity index (χ3v) is 4.21. The number of nitrogens with one attached hydrogen (secondary N) is 2. The molecule has 0 aromatic carbocycles. The van der Waals surface area contributed by atoms with Crippen molar-refractivity contribution in [3.8, 4) is 0 Å². The number of carbonyl (C=O) groups is 1. The van der Waals surface area contributed by atoms with Crippen LogP contribution in [0.1, 0.15) is 38.2 Å². The van der Waals surface area contributed by atoms with Crippen molar-refractivity contribution in [1.82, 2.24) is 10.3 Å². The standard InChI is InChI=1S/C13H21N3O/c1-12(2)10(14)13(3,4)11(12)16-9(17)8-6-5-7-15-8/h5-7,10-11,15H,14H2,1-4H3,(H,16,17). The Morgan fingerprint density at radius 3 is 2.41 bits per heavy atom. The topological polar surface area (TPSA) is 70.9 Å². The SMILES string of the molecule is CC1(C)C(N)C(C)(C)C1NC(=O)c1ccc[nH]1. The quantitative estimate of drug-likeness (QED) is 0.727. The lowest BCUT2D eigenvalue weighted by Crippen LogP contribution is -2.76. The summed E-state index contributed by atoms with van der Waals surface area (Å²) in [4.78, 5) is 14.9. The number of H-pyrrole nitrogens is 1. The molecule has 2 rings (SSSR count). The van der Waals surface area contributed by atoms with Crippen LogP contribution in [-0.4, -0.2) is 23.0 Å². The number of aromatic amines is 1. The van der Waals surface area contributed by atoms with Crippen LogP contribution in [0.2, 0.25) is 0 Å². The molecule has 1 amide bonds. The van der Waals surface area contributed by atoms with Gasteiger partial charge in [-0.2, -0.15) is 0 Å². The Morgan fingerprint density at radius 1 is 1.35 bits per heavy atom. The van der Waals surface area contributed by atoms with E-state index in [1.165, 1.54) is 0 Å². The summed E-state index contributed by atoms with van der Waals surface area (Å²) in [5, 5.41) is 3.08. The first-order valence-electron chi connectivity index (χ1n) is 5.97. The summed E-state index contributed by atoms with van der Waals surface area (Å²) in [6.07, 6.45) is 1.75. The van der Waals surface area contributed by atoms with E-state index in [-0.39, 0.29) is 28.8 Å². The lowest BCUT2D eigenvalue weighted by molar-refractivity contribution is -0.0664. The number of carbonyl (C=O) groups excluding carboxylic acids is 1. The van der Waals surface area contributed by atoms with Crippen molar-refractivity contribution in [2.75, 3.05) is 0 Å². The van der Waals surface area contributed by atoms with Crippen molar-refractivity contribution < 1.29 is 4.79 Å². The van der Waals surface area contributed by atoms with Crippen molar-refractivity contribution in [2.24, 2.45) is 16.6 Å². The number of amides is 1. The fourth-order valence-electron chi connectivity index (χ4n) is 3.23. The van der Waals surface area contributed by atoms with Gasteiger partial charge in [-0.15, -0.1) is 0 Å². The highest BCUT2D eigenvalue weighted by Crippen LogP contribution is 2.52. The molecule has 1 aliphatic rings. The minimum absolute atomic E-state index is 0.0620. The summed E-state index contributed by atoms with van der Waals surface area (Å²) in [6, 6.07) is 3.79. The van der Waals surface area contributed by atoms with Crippen molar-refractivity contribution in [1.29, 1.82) is 0 Å². The first-order valence-corrected chi connectivity index (χ1v) is 5.97. The Labute approximate surface area is 102 Å². The maximum Gasteiger partial charge on any atom is 0.267 e. The van der Waals surface area contributed by atoms with E-state index in [2.05, 4.69) is 38.0 Å². The fourth-order valence-corrected chi connectivity index (χ4v) is 3.23. The molecule has 1 aliphatic carbocycles. The highest BCUT2D eigenvalue weighted by atomic mass is 16.2. The van der Waals surface area contributed by atoms with E-state index >= 15 is 0 Å². The molecule has 0 unspecified atom stereocenters. The second-order valence-electron chi connectivity index (χ2n) is 6.11. The summed E-state index contributed by atoms with van der Waals surface area (Å²) in [7, 11) is 0. The molecule has 0 radical (unpaired) electrons. The molecule has 94 valence electrons. The molecule has 1 aromatic rings. The second-order valence-corrected chi connectivity index (χ2v) is 6.11. The summed E-state index contributed by atoms with van der Waals surface area (Å²) in [6.45, 7) is 8.40. The van der Waals surface area contributed by atoms with Gasteiger partial charge in [0.2, 0.25) is 0 Å². The van der Waals surface area contributed by atoms with Gasteiger partial charge >= 0.3 is 0 Å². The summed E-state index contributed by atoms with van der Waals surface area (Å²) in [5.41, 5.74) is 6.63. The minimum Gasteiger partial charge on any atom is -0.357 e. The highest BCUT2D eigenvalue weighted by molar-refractivity contribution is 5.92. The third-order valence-electron chi connectivity index (χ3n) is 4.21. The molecule has 1 aromatic heterocycles.